The minimum absolute atomic E-state index is 0.167. The SMILES string of the molecule is C=C(C)CN1C(=O)[C@](C)(CC(=O)O)c2ccccc21. The first-order valence-corrected chi connectivity index (χ1v) is 6.14. The molecule has 4 heteroatoms. The molecule has 0 saturated carbocycles. The van der Waals surface area contributed by atoms with Crippen LogP contribution in [-0.2, 0) is 15.0 Å². The van der Waals surface area contributed by atoms with Crippen LogP contribution in [0, 0.1) is 0 Å². The van der Waals surface area contributed by atoms with Crippen LogP contribution in [0.4, 0.5) is 5.69 Å². The van der Waals surface area contributed by atoms with Gasteiger partial charge in [0.25, 0.3) is 0 Å². The highest BCUT2D eigenvalue weighted by molar-refractivity contribution is 6.09. The third kappa shape index (κ3) is 2.14. The minimum Gasteiger partial charge on any atom is -0.481 e. The molecule has 0 fully saturated rings. The molecule has 4 nitrogen and oxygen atoms in total. The summed E-state index contributed by atoms with van der Waals surface area (Å²) in [4.78, 5) is 25.3. The number of nitrogens with zero attached hydrogens (tertiary/aromatic N) is 1. The molecule has 1 amide bonds. The van der Waals surface area contributed by atoms with E-state index in [1.807, 2.05) is 31.2 Å². The molecular formula is C15H17NO3. The van der Waals surface area contributed by atoms with E-state index in [2.05, 4.69) is 6.58 Å². The van der Waals surface area contributed by atoms with Gasteiger partial charge in [0.1, 0.15) is 0 Å². The van der Waals surface area contributed by atoms with Crippen molar-refractivity contribution in [1.29, 1.82) is 0 Å². The van der Waals surface area contributed by atoms with E-state index in [9.17, 15) is 9.59 Å². The van der Waals surface area contributed by atoms with E-state index in [0.29, 0.717) is 6.54 Å². The van der Waals surface area contributed by atoms with Gasteiger partial charge in [-0.05, 0) is 25.5 Å². The minimum atomic E-state index is -0.988. The van der Waals surface area contributed by atoms with Gasteiger partial charge >= 0.3 is 5.97 Å². The Morgan fingerprint density at radius 2 is 2.05 bits per heavy atom. The normalized spacial score (nSPS) is 21.4. The summed E-state index contributed by atoms with van der Waals surface area (Å²) in [5.74, 6) is -1.14. The highest BCUT2D eigenvalue weighted by Crippen LogP contribution is 2.43. The monoisotopic (exact) mass is 259 g/mol. The first-order valence-electron chi connectivity index (χ1n) is 6.14. The van der Waals surface area contributed by atoms with E-state index >= 15 is 0 Å². The Morgan fingerprint density at radius 1 is 1.42 bits per heavy atom. The number of carbonyl (C=O) groups excluding carboxylic acids is 1. The number of aliphatic carboxylic acids is 1. The van der Waals surface area contributed by atoms with Gasteiger partial charge in [-0.3, -0.25) is 9.59 Å². The zero-order chi connectivity index (χ0) is 14.2. The molecule has 100 valence electrons. The van der Waals surface area contributed by atoms with Gasteiger partial charge in [-0.25, -0.2) is 0 Å². The molecular weight excluding hydrogens is 242 g/mol. The lowest BCUT2D eigenvalue weighted by molar-refractivity contribution is -0.141. The third-order valence-electron chi connectivity index (χ3n) is 3.44. The van der Waals surface area contributed by atoms with E-state index < -0.39 is 11.4 Å². The molecule has 0 aliphatic carbocycles. The summed E-state index contributed by atoms with van der Waals surface area (Å²) in [7, 11) is 0. The highest BCUT2D eigenvalue weighted by Gasteiger charge is 2.48. The number of carbonyl (C=O) groups is 2. The lowest BCUT2D eigenvalue weighted by Crippen LogP contribution is -2.40. The maximum Gasteiger partial charge on any atom is 0.304 e. The maximum absolute atomic E-state index is 12.6. The average molecular weight is 259 g/mol. The highest BCUT2D eigenvalue weighted by atomic mass is 16.4. The van der Waals surface area contributed by atoms with Crippen LogP contribution >= 0.6 is 0 Å². The fourth-order valence-corrected chi connectivity index (χ4v) is 2.60. The molecule has 1 N–H and O–H groups in total. The van der Waals surface area contributed by atoms with Crippen LogP contribution in [-0.4, -0.2) is 23.5 Å². The average Bonchev–Trinajstić information content (AvgIpc) is 2.51. The molecule has 1 aromatic rings. The molecule has 0 radical (unpaired) electrons. The quantitative estimate of drug-likeness (QED) is 0.844. The number of rotatable bonds is 4. The molecule has 0 saturated heterocycles. The number of para-hydroxylation sites is 1. The predicted molar refractivity (Wildman–Crippen MR) is 73.2 cm³/mol. The van der Waals surface area contributed by atoms with E-state index in [4.69, 9.17) is 5.11 Å². The summed E-state index contributed by atoms with van der Waals surface area (Å²) in [5, 5.41) is 9.06. The Bertz CT molecular complexity index is 564. The van der Waals surface area contributed by atoms with Crippen LogP contribution in [0.2, 0.25) is 0 Å². The summed E-state index contributed by atoms with van der Waals surface area (Å²) < 4.78 is 0. The molecule has 1 aliphatic heterocycles. The van der Waals surface area contributed by atoms with Crippen molar-refractivity contribution in [2.24, 2.45) is 0 Å². The Morgan fingerprint density at radius 3 is 2.63 bits per heavy atom. The van der Waals surface area contributed by atoms with Crippen LogP contribution in [0.3, 0.4) is 0 Å². The number of fused-ring (bicyclic) bond motifs is 1. The molecule has 1 aliphatic rings. The van der Waals surface area contributed by atoms with E-state index in [1.165, 1.54) is 0 Å². The van der Waals surface area contributed by atoms with Gasteiger partial charge in [0.2, 0.25) is 5.91 Å². The van der Waals surface area contributed by atoms with Gasteiger partial charge in [-0.1, -0.05) is 30.4 Å². The number of anilines is 1. The van der Waals surface area contributed by atoms with Crippen LogP contribution in [0.25, 0.3) is 0 Å². The van der Waals surface area contributed by atoms with Crippen molar-refractivity contribution in [3.63, 3.8) is 0 Å². The number of benzene rings is 1. The van der Waals surface area contributed by atoms with Crippen LogP contribution < -0.4 is 4.90 Å². The summed E-state index contributed by atoms with van der Waals surface area (Å²) in [6.07, 6.45) is -0.199. The number of hydrogen-bond acceptors (Lipinski definition) is 2. The van der Waals surface area contributed by atoms with Crippen molar-refractivity contribution >= 4 is 17.6 Å². The van der Waals surface area contributed by atoms with Crippen LogP contribution in [0.5, 0.6) is 0 Å². The summed E-state index contributed by atoms with van der Waals surface area (Å²) in [5.41, 5.74) is 1.45. The predicted octanol–water partition coefficient (Wildman–Crippen LogP) is 2.34. The molecule has 0 unspecified atom stereocenters. The fraction of sp³-hybridized carbons (Fsp3) is 0.333. The summed E-state index contributed by atoms with van der Waals surface area (Å²) in [6.45, 7) is 7.79. The Kier molecular flexibility index (Phi) is 3.18. The molecule has 1 aromatic carbocycles. The molecule has 0 spiro atoms. The molecule has 19 heavy (non-hydrogen) atoms. The lowest BCUT2D eigenvalue weighted by Gasteiger charge is -2.22. The van der Waals surface area contributed by atoms with Crippen LogP contribution in [0.15, 0.2) is 36.4 Å². The Balaban J connectivity index is 2.52. The van der Waals surface area contributed by atoms with Crippen molar-refractivity contribution in [3.8, 4) is 0 Å². The molecule has 1 atom stereocenters. The molecule has 2 rings (SSSR count). The Labute approximate surface area is 112 Å². The molecule has 0 aromatic heterocycles. The second-order valence-electron chi connectivity index (χ2n) is 5.27. The van der Waals surface area contributed by atoms with Crippen LogP contribution in [0.1, 0.15) is 25.8 Å². The topological polar surface area (TPSA) is 57.6 Å². The second-order valence-corrected chi connectivity index (χ2v) is 5.27. The van der Waals surface area contributed by atoms with Gasteiger partial charge in [-0.15, -0.1) is 0 Å². The first kappa shape index (κ1) is 13.3. The second kappa shape index (κ2) is 4.53. The van der Waals surface area contributed by atoms with Crippen molar-refractivity contribution in [2.45, 2.75) is 25.7 Å². The number of carboxylic acids is 1. The van der Waals surface area contributed by atoms with E-state index in [1.54, 1.807) is 11.8 Å². The van der Waals surface area contributed by atoms with Crippen molar-refractivity contribution < 1.29 is 14.7 Å². The van der Waals surface area contributed by atoms with Gasteiger partial charge in [-0.2, -0.15) is 0 Å². The lowest BCUT2D eigenvalue weighted by atomic mass is 9.81. The van der Waals surface area contributed by atoms with Crippen molar-refractivity contribution in [1.82, 2.24) is 0 Å². The zero-order valence-corrected chi connectivity index (χ0v) is 11.1. The van der Waals surface area contributed by atoms with Gasteiger partial charge in [0.15, 0.2) is 0 Å². The standard InChI is InChI=1S/C15H17NO3/c1-10(2)9-16-12-7-5-4-6-11(12)15(3,14(16)19)8-13(17)18/h4-7H,1,8-9H2,2-3H3,(H,17,18)/t15-/m1/s1. The number of hydrogen-bond donors (Lipinski definition) is 1. The van der Waals surface area contributed by atoms with Gasteiger partial charge in [0, 0.05) is 12.2 Å². The number of amides is 1. The van der Waals surface area contributed by atoms with Gasteiger partial charge < -0.3 is 10.0 Å². The molecule has 1 heterocycles. The van der Waals surface area contributed by atoms with E-state index in [0.717, 1.165) is 16.8 Å². The van der Waals surface area contributed by atoms with E-state index in [-0.39, 0.29) is 12.3 Å². The van der Waals surface area contributed by atoms with Gasteiger partial charge in [0.05, 0.1) is 11.8 Å². The maximum atomic E-state index is 12.6. The summed E-state index contributed by atoms with van der Waals surface area (Å²) >= 11 is 0. The number of carboxylic acid groups (broad SMARTS) is 1. The fourth-order valence-electron chi connectivity index (χ4n) is 2.60. The largest absolute Gasteiger partial charge is 0.481 e. The summed E-state index contributed by atoms with van der Waals surface area (Å²) in [6, 6.07) is 7.36. The molecule has 0 bridgehead atoms. The van der Waals surface area contributed by atoms with Crippen molar-refractivity contribution in [2.75, 3.05) is 11.4 Å². The smallest absolute Gasteiger partial charge is 0.304 e. The third-order valence-corrected chi connectivity index (χ3v) is 3.44. The Hall–Kier alpha value is -2.10. The van der Waals surface area contributed by atoms with Crippen molar-refractivity contribution in [3.05, 3.63) is 42.0 Å². The first-order chi connectivity index (χ1) is 8.86. The zero-order valence-electron chi connectivity index (χ0n) is 11.1.